The number of nitrogens with one attached hydrogen (secondary N) is 2. The van der Waals surface area contributed by atoms with Gasteiger partial charge in [-0.25, -0.2) is 4.79 Å². The highest BCUT2D eigenvalue weighted by Crippen LogP contribution is 2.39. The molecule has 0 spiro atoms. The molecule has 0 radical (unpaired) electrons. The predicted molar refractivity (Wildman–Crippen MR) is 121 cm³/mol. The summed E-state index contributed by atoms with van der Waals surface area (Å²) in [7, 11) is 0. The smallest absolute Gasteiger partial charge is 0.329 e. The minimum absolute atomic E-state index is 0.230. The lowest BCUT2D eigenvalue weighted by Crippen LogP contribution is -2.62. The second-order valence-corrected chi connectivity index (χ2v) is 7.67. The van der Waals surface area contributed by atoms with E-state index in [0.29, 0.717) is 16.9 Å². The number of hydrogen-bond acceptors (Lipinski definition) is 3. The molecule has 0 fully saturated rings. The fourth-order valence-electron chi connectivity index (χ4n) is 3.75. The first-order chi connectivity index (χ1) is 14.9. The lowest BCUT2D eigenvalue weighted by atomic mass is 9.94. The van der Waals surface area contributed by atoms with Crippen molar-refractivity contribution in [2.75, 3.05) is 10.2 Å². The molecule has 158 valence electrons. The molecule has 31 heavy (non-hydrogen) atoms. The molecule has 3 amide bonds. The molecule has 0 saturated heterocycles. The first-order valence-corrected chi connectivity index (χ1v) is 10.3. The zero-order valence-corrected chi connectivity index (χ0v) is 17.6. The van der Waals surface area contributed by atoms with Crippen molar-refractivity contribution in [1.82, 2.24) is 5.32 Å². The van der Waals surface area contributed by atoms with Crippen LogP contribution < -0.4 is 15.5 Å². The Hall–Kier alpha value is -3.64. The van der Waals surface area contributed by atoms with E-state index in [1.54, 1.807) is 36.4 Å². The standard InChI is InChI=1S/C25H25N3O3/c1-3-18-12-14-20(15-13-18)28-24(30)27-22-7-5-4-6-21(22)25(28,31)23(29)26-16-19-10-8-17(2)9-11-19/h4-15,31H,3,16H2,1-2H3,(H,26,29)(H,27,30)/t25-/m1/s1. The SMILES string of the molecule is CCc1ccc(N2C(=O)Nc3ccccc3[C@@]2(O)C(=O)NCc2ccc(C)cc2)cc1. The number of fused-ring (bicyclic) bond motifs is 1. The molecule has 4 rings (SSSR count). The molecule has 3 aromatic rings. The molecule has 0 unspecified atom stereocenters. The Bertz CT molecular complexity index is 1110. The van der Waals surface area contributed by atoms with Crippen molar-refractivity contribution < 1.29 is 14.7 Å². The van der Waals surface area contributed by atoms with Gasteiger partial charge in [0.05, 0.1) is 5.69 Å². The summed E-state index contributed by atoms with van der Waals surface area (Å²) in [6, 6.07) is 21.2. The average Bonchev–Trinajstić information content (AvgIpc) is 2.79. The zero-order chi connectivity index (χ0) is 22.0. The summed E-state index contributed by atoms with van der Waals surface area (Å²) in [6.07, 6.45) is 0.844. The number of para-hydroxylation sites is 1. The summed E-state index contributed by atoms with van der Waals surface area (Å²) >= 11 is 0. The zero-order valence-electron chi connectivity index (χ0n) is 17.6. The van der Waals surface area contributed by atoms with Gasteiger partial charge < -0.3 is 15.7 Å². The van der Waals surface area contributed by atoms with E-state index < -0.39 is 17.7 Å². The Morgan fingerprint density at radius 2 is 1.65 bits per heavy atom. The van der Waals surface area contributed by atoms with Gasteiger partial charge >= 0.3 is 6.03 Å². The molecular formula is C25H25N3O3. The second kappa shape index (κ2) is 8.24. The van der Waals surface area contributed by atoms with Gasteiger partial charge in [0.25, 0.3) is 11.6 Å². The molecule has 6 nitrogen and oxygen atoms in total. The molecule has 1 aliphatic rings. The van der Waals surface area contributed by atoms with Crippen LogP contribution >= 0.6 is 0 Å². The van der Waals surface area contributed by atoms with Crippen molar-refractivity contribution in [3.05, 3.63) is 95.1 Å². The Kier molecular flexibility index (Phi) is 5.48. The van der Waals surface area contributed by atoms with Gasteiger partial charge in [-0.1, -0.05) is 67.1 Å². The lowest BCUT2D eigenvalue weighted by molar-refractivity contribution is -0.140. The van der Waals surface area contributed by atoms with E-state index in [9.17, 15) is 14.7 Å². The maximum atomic E-state index is 13.4. The van der Waals surface area contributed by atoms with Gasteiger partial charge in [0.15, 0.2) is 0 Å². The van der Waals surface area contributed by atoms with Gasteiger partial charge in [0.1, 0.15) is 0 Å². The Morgan fingerprint density at radius 1 is 1.00 bits per heavy atom. The predicted octanol–water partition coefficient (Wildman–Crippen LogP) is 4.07. The van der Waals surface area contributed by atoms with Crippen LogP contribution in [-0.2, 0) is 23.5 Å². The van der Waals surface area contributed by atoms with E-state index >= 15 is 0 Å². The first-order valence-electron chi connectivity index (χ1n) is 10.3. The van der Waals surface area contributed by atoms with Gasteiger partial charge in [-0.15, -0.1) is 0 Å². The van der Waals surface area contributed by atoms with Crippen molar-refractivity contribution >= 4 is 23.3 Å². The molecule has 3 aromatic carbocycles. The summed E-state index contributed by atoms with van der Waals surface area (Å²) in [5.41, 5.74) is 2.06. The minimum Gasteiger partial charge on any atom is -0.359 e. The van der Waals surface area contributed by atoms with E-state index in [1.165, 1.54) is 0 Å². The summed E-state index contributed by atoms with van der Waals surface area (Å²) in [6.45, 7) is 4.26. The number of benzene rings is 3. The number of aliphatic hydroxyl groups is 1. The van der Waals surface area contributed by atoms with Crippen molar-refractivity contribution in [2.24, 2.45) is 0 Å². The topological polar surface area (TPSA) is 81.7 Å². The molecule has 0 saturated carbocycles. The first kappa shape index (κ1) is 20.6. The van der Waals surface area contributed by atoms with Gasteiger partial charge in [-0.3, -0.25) is 9.69 Å². The number of carbonyl (C=O) groups is 2. The Balaban J connectivity index is 1.73. The summed E-state index contributed by atoms with van der Waals surface area (Å²) < 4.78 is 0. The molecule has 0 aliphatic carbocycles. The van der Waals surface area contributed by atoms with Crippen LogP contribution in [0.1, 0.15) is 29.2 Å². The lowest BCUT2D eigenvalue weighted by Gasteiger charge is -2.42. The number of amides is 3. The van der Waals surface area contributed by atoms with Crippen LogP contribution in [0.5, 0.6) is 0 Å². The van der Waals surface area contributed by atoms with Crippen LogP contribution in [0.3, 0.4) is 0 Å². The van der Waals surface area contributed by atoms with Crippen LogP contribution in [0.25, 0.3) is 0 Å². The number of aryl methyl sites for hydroxylation is 2. The van der Waals surface area contributed by atoms with E-state index in [2.05, 4.69) is 10.6 Å². The van der Waals surface area contributed by atoms with Crippen LogP contribution in [-0.4, -0.2) is 17.0 Å². The number of rotatable bonds is 5. The second-order valence-electron chi connectivity index (χ2n) is 7.67. The van der Waals surface area contributed by atoms with Crippen LogP contribution in [0.15, 0.2) is 72.8 Å². The highest BCUT2D eigenvalue weighted by atomic mass is 16.3. The summed E-state index contributed by atoms with van der Waals surface area (Å²) in [5, 5.41) is 17.4. The molecule has 0 aromatic heterocycles. The van der Waals surface area contributed by atoms with Gasteiger partial charge in [0, 0.05) is 17.8 Å². The van der Waals surface area contributed by atoms with Crippen LogP contribution in [0.2, 0.25) is 0 Å². The van der Waals surface area contributed by atoms with Crippen molar-refractivity contribution in [3.63, 3.8) is 0 Å². The van der Waals surface area contributed by atoms with Gasteiger partial charge in [-0.05, 0) is 42.7 Å². The third kappa shape index (κ3) is 3.78. The molecule has 1 heterocycles. The number of urea groups is 1. The fraction of sp³-hybridized carbons (Fsp3) is 0.200. The Morgan fingerprint density at radius 3 is 2.32 bits per heavy atom. The van der Waals surface area contributed by atoms with E-state index in [4.69, 9.17) is 0 Å². The maximum Gasteiger partial charge on any atom is 0.329 e. The van der Waals surface area contributed by atoms with Crippen LogP contribution in [0, 0.1) is 6.92 Å². The highest BCUT2D eigenvalue weighted by molar-refractivity contribution is 6.11. The Labute approximate surface area is 181 Å². The van der Waals surface area contributed by atoms with E-state index in [1.807, 2.05) is 50.2 Å². The van der Waals surface area contributed by atoms with Crippen molar-refractivity contribution in [1.29, 1.82) is 0 Å². The highest BCUT2D eigenvalue weighted by Gasteiger charge is 2.51. The van der Waals surface area contributed by atoms with E-state index in [-0.39, 0.29) is 6.54 Å². The normalized spacial score (nSPS) is 17.6. The third-order valence-electron chi connectivity index (χ3n) is 5.56. The minimum atomic E-state index is -2.20. The third-order valence-corrected chi connectivity index (χ3v) is 5.56. The van der Waals surface area contributed by atoms with Gasteiger partial charge in [0.2, 0.25) is 0 Å². The number of carbonyl (C=O) groups excluding carboxylic acids is 2. The number of nitrogens with zero attached hydrogens (tertiary/aromatic N) is 1. The molecule has 0 bridgehead atoms. The van der Waals surface area contributed by atoms with Crippen LogP contribution in [0.4, 0.5) is 16.2 Å². The molecule has 3 N–H and O–H groups in total. The quantitative estimate of drug-likeness (QED) is 0.588. The monoisotopic (exact) mass is 415 g/mol. The molecule has 6 heteroatoms. The number of anilines is 2. The average molecular weight is 415 g/mol. The fourth-order valence-corrected chi connectivity index (χ4v) is 3.75. The van der Waals surface area contributed by atoms with Crippen molar-refractivity contribution in [3.8, 4) is 0 Å². The maximum absolute atomic E-state index is 13.4. The summed E-state index contributed by atoms with van der Waals surface area (Å²) in [4.78, 5) is 27.5. The molecule has 1 aliphatic heterocycles. The van der Waals surface area contributed by atoms with Crippen molar-refractivity contribution in [2.45, 2.75) is 32.5 Å². The molecule has 1 atom stereocenters. The molecular weight excluding hydrogens is 390 g/mol. The largest absolute Gasteiger partial charge is 0.359 e. The van der Waals surface area contributed by atoms with Gasteiger partial charge in [-0.2, -0.15) is 0 Å². The van der Waals surface area contributed by atoms with E-state index in [0.717, 1.165) is 28.0 Å². The summed E-state index contributed by atoms with van der Waals surface area (Å²) in [5.74, 6) is -0.671. The number of hydrogen-bond donors (Lipinski definition) is 3.